The van der Waals surface area contributed by atoms with E-state index in [1.165, 1.54) is 14.2 Å². The molecule has 0 spiro atoms. The zero-order valence-electron chi connectivity index (χ0n) is 15.0. The van der Waals surface area contributed by atoms with Crippen molar-refractivity contribution in [3.63, 3.8) is 0 Å². The van der Waals surface area contributed by atoms with Crippen LogP contribution in [0.3, 0.4) is 0 Å². The first-order valence-corrected chi connectivity index (χ1v) is 12.6. The smallest absolute Gasteiger partial charge is 0.315 e. The summed E-state index contributed by atoms with van der Waals surface area (Å²) in [6.07, 6.45) is 0. The number of carbonyl (C=O) groups is 2. The van der Waals surface area contributed by atoms with Crippen LogP contribution in [0.4, 0.5) is 0 Å². The summed E-state index contributed by atoms with van der Waals surface area (Å²) in [5.41, 5.74) is 0. The van der Waals surface area contributed by atoms with E-state index in [0.29, 0.717) is 8.47 Å². The summed E-state index contributed by atoms with van der Waals surface area (Å²) in [5, 5.41) is 0. The minimum absolute atomic E-state index is 0. The molecule has 0 N–H and O–H groups in total. The van der Waals surface area contributed by atoms with Crippen LogP contribution in [0.15, 0.2) is 16.9 Å². The van der Waals surface area contributed by atoms with E-state index in [1.54, 1.807) is 23.5 Å². The Hall–Kier alpha value is 1.19. The van der Waals surface area contributed by atoms with Gasteiger partial charge in [-0.05, 0) is 11.5 Å². The first-order valence-electron chi connectivity index (χ1n) is 7.04. The zero-order valence-corrected chi connectivity index (χ0v) is 22.6. The molecule has 0 saturated carbocycles. The molecule has 27 heavy (non-hydrogen) atoms. The van der Waals surface area contributed by atoms with Gasteiger partial charge < -0.3 is 60.0 Å². The molecular formula is C14H20NiO4S8-4. The molecule has 0 aliphatic carbocycles. The quantitative estimate of drug-likeness (QED) is 0.220. The Morgan fingerprint density at radius 1 is 0.667 bits per heavy atom. The number of hydrogen-bond donors (Lipinski definition) is 0. The largest absolute Gasteiger partial charge is 0.774 e. The average Bonchev–Trinajstić information content (AvgIpc) is 2.64. The van der Waals surface area contributed by atoms with Crippen LogP contribution >= 0.6 is 47.0 Å². The van der Waals surface area contributed by atoms with Crippen LogP contribution < -0.4 is 0 Å². The second-order valence-corrected chi connectivity index (χ2v) is 10.9. The Bertz CT molecular complexity index is 458. The first-order chi connectivity index (χ1) is 12.2. The molecule has 13 heteroatoms. The zero-order chi connectivity index (χ0) is 20.5. The maximum absolute atomic E-state index is 10.8. The summed E-state index contributed by atoms with van der Waals surface area (Å²) in [6.45, 7) is 4.16. The predicted molar refractivity (Wildman–Crippen MR) is 129 cm³/mol. The Balaban J connectivity index is -0.000000454. The van der Waals surface area contributed by atoms with Gasteiger partial charge >= 0.3 is 11.9 Å². The number of carbonyl (C=O) groups excluding carboxylic acids is 2. The fraction of sp³-hybridized carbons (Fsp3) is 0.571. The number of hydrogen-bond acceptors (Lipinski definition) is 12. The SMILES string of the molecule is CCS/C([S-])=C(/[S-])SCC.COC(=O)CS/C([S-])=C(/[S-])SCC(=O)OC.[Ni]. The molecule has 0 aromatic rings. The summed E-state index contributed by atoms with van der Waals surface area (Å²) >= 11 is 25.6. The molecular weight excluding hydrogens is 547 g/mol. The van der Waals surface area contributed by atoms with Crippen molar-refractivity contribution in [2.75, 3.05) is 37.2 Å². The van der Waals surface area contributed by atoms with Crippen LogP contribution in [-0.4, -0.2) is 49.2 Å². The number of esters is 2. The maximum atomic E-state index is 10.8. The number of thioether (sulfide) groups is 4. The van der Waals surface area contributed by atoms with Gasteiger partial charge in [0.25, 0.3) is 0 Å². The van der Waals surface area contributed by atoms with Gasteiger partial charge in [-0.3, -0.25) is 9.59 Å². The third-order valence-corrected chi connectivity index (χ3v) is 8.45. The van der Waals surface area contributed by atoms with Gasteiger partial charge in [0.15, 0.2) is 0 Å². The molecule has 162 valence electrons. The van der Waals surface area contributed by atoms with Crippen molar-refractivity contribution in [2.24, 2.45) is 0 Å². The monoisotopic (exact) mass is 566 g/mol. The Morgan fingerprint density at radius 2 is 0.926 bits per heavy atom. The van der Waals surface area contributed by atoms with Gasteiger partial charge in [-0.1, -0.05) is 13.8 Å². The second-order valence-electron chi connectivity index (χ2n) is 3.75. The molecule has 0 rings (SSSR count). The van der Waals surface area contributed by atoms with Crippen LogP contribution in [0, 0.1) is 0 Å². The van der Waals surface area contributed by atoms with E-state index in [4.69, 9.17) is 50.5 Å². The molecule has 0 aromatic heterocycles. The van der Waals surface area contributed by atoms with E-state index >= 15 is 0 Å². The number of ether oxygens (including phenoxy) is 2. The molecule has 0 atom stereocenters. The minimum atomic E-state index is -0.367. The van der Waals surface area contributed by atoms with Crippen LogP contribution in [0.25, 0.3) is 0 Å². The molecule has 0 amide bonds. The summed E-state index contributed by atoms with van der Waals surface area (Å²) in [4.78, 5) is 21.6. The van der Waals surface area contributed by atoms with Crippen molar-refractivity contribution >= 4 is 110 Å². The van der Waals surface area contributed by atoms with Crippen LogP contribution in [0.2, 0.25) is 0 Å². The first kappa shape index (κ1) is 32.8. The Morgan fingerprint density at radius 3 is 1.15 bits per heavy atom. The van der Waals surface area contributed by atoms with Gasteiger partial charge in [-0.2, -0.15) is 40.5 Å². The standard InChI is InChI=1S/C8H12O4S4.C6H12S4.Ni/c1-11-5(9)3-15-7(13)8(14)16-4-6(10)12-2;1-3-9-5(7)6(8)10-4-2;/h13-14H,3-4H2,1-2H3;7-8H,3-4H2,1-2H3;/p-4/b8-7-;6-5-;. The summed E-state index contributed by atoms with van der Waals surface area (Å²) in [7, 11) is 2.60. The van der Waals surface area contributed by atoms with E-state index < -0.39 is 0 Å². The van der Waals surface area contributed by atoms with Gasteiger partial charge in [-0.15, -0.1) is 23.5 Å². The van der Waals surface area contributed by atoms with Crippen molar-refractivity contribution in [1.82, 2.24) is 0 Å². The number of rotatable bonds is 10. The molecule has 0 aliphatic rings. The molecule has 0 fully saturated rings. The van der Waals surface area contributed by atoms with Crippen molar-refractivity contribution in [3.8, 4) is 0 Å². The summed E-state index contributed by atoms with van der Waals surface area (Å²) in [5.74, 6) is 1.54. The average molecular weight is 568 g/mol. The van der Waals surface area contributed by atoms with Gasteiger partial charge in [0.05, 0.1) is 25.7 Å². The number of methoxy groups -OCH3 is 2. The normalized spacial score (nSPS) is 11.7. The fourth-order valence-electron chi connectivity index (χ4n) is 0.865. The minimum Gasteiger partial charge on any atom is -0.774 e. The maximum Gasteiger partial charge on any atom is 0.315 e. The van der Waals surface area contributed by atoms with E-state index in [2.05, 4.69) is 23.3 Å². The third-order valence-electron chi connectivity index (χ3n) is 1.98. The van der Waals surface area contributed by atoms with E-state index in [-0.39, 0.29) is 39.9 Å². The molecule has 4 nitrogen and oxygen atoms in total. The molecule has 0 bridgehead atoms. The third kappa shape index (κ3) is 20.3. The van der Waals surface area contributed by atoms with Gasteiger partial charge in [0.1, 0.15) is 0 Å². The Labute approximate surface area is 211 Å². The molecule has 0 aromatic carbocycles. The van der Waals surface area contributed by atoms with Crippen molar-refractivity contribution in [1.29, 1.82) is 0 Å². The predicted octanol–water partition coefficient (Wildman–Crippen LogP) is 3.73. The summed E-state index contributed by atoms with van der Waals surface area (Å²) in [6, 6.07) is 0. The Kier molecular flexibility index (Phi) is 26.6. The summed E-state index contributed by atoms with van der Waals surface area (Å²) < 4.78 is 11.5. The topological polar surface area (TPSA) is 52.6 Å². The second kappa shape index (κ2) is 21.9. The van der Waals surface area contributed by atoms with E-state index in [9.17, 15) is 9.59 Å². The van der Waals surface area contributed by atoms with Gasteiger partial charge in [0.2, 0.25) is 0 Å². The van der Waals surface area contributed by atoms with Crippen molar-refractivity contribution in [2.45, 2.75) is 13.8 Å². The van der Waals surface area contributed by atoms with E-state index in [1.807, 2.05) is 0 Å². The molecule has 0 radical (unpaired) electrons. The van der Waals surface area contributed by atoms with Crippen LogP contribution in [-0.2, 0) is 86.1 Å². The fourth-order valence-corrected chi connectivity index (χ4v) is 5.07. The molecule has 0 heterocycles. The van der Waals surface area contributed by atoms with E-state index in [0.717, 1.165) is 43.5 Å². The van der Waals surface area contributed by atoms with Crippen molar-refractivity contribution < 1.29 is 35.6 Å². The van der Waals surface area contributed by atoms with Crippen molar-refractivity contribution in [3.05, 3.63) is 16.9 Å². The van der Waals surface area contributed by atoms with Gasteiger partial charge in [0, 0.05) is 16.5 Å². The van der Waals surface area contributed by atoms with Crippen LogP contribution in [0.1, 0.15) is 13.8 Å². The molecule has 0 aliphatic heterocycles. The molecule has 0 unspecified atom stereocenters. The van der Waals surface area contributed by atoms with Crippen LogP contribution in [0.5, 0.6) is 0 Å². The van der Waals surface area contributed by atoms with Gasteiger partial charge in [-0.25, -0.2) is 0 Å². The molecule has 0 saturated heterocycles.